The molecule has 1 aromatic carbocycles. The number of unbranched alkanes of at least 4 members (excludes halogenated alkanes) is 2. The molecule has 0 heterocycles. The fourth-order valence-corrected chi connectivity index (χ4v) is 2.26. The van der Waals surface area contributed by atoms with Crippen LogP contribution in [0.4, 0.5) is 5.69 Å². The summed E-state index contributed by atoms with van der Waals surface area (Å²) in [4.78, 5) is 2.23. The van der Waals surface area contributed by atoms with Gasteiger partial charge in [0.15, 0.2) is 0 Å². The Labute approximate surface area is 112 Å². The van der Waals surface area contributed by atoms with Gasteiger partial charge in [0.25, 0.3) is 0 Å². The first-order valence-corrected chi connectivity index (χ1v) is 6.79. The van der Waals surface area contributed by atoms with Gasteiger partial charge >= 0.3 is 0 Å². The van der Waals surface area contributed by atoms with E-state index in [1.807, 2.05) is 6.07 Å². The Bertz CT molecular complexity index is 344. The molecule has 1 aromatic rings. The van der Waals surface area contributed by atoms with Gasteiger partial charge in [0, 0.05) is 36.9 Å². The number of nitrogens with two attached hydrogens (primary N) is 1. The average Bonchev–Trinajstić information content (AvgIpc) is 2.34. The number of aliphatic hydroxyl groups excluding tert-OH is 1. The molecule has 0 amide bonds. The lowest BCUT2D eigenvalue weighted by Gasteiger charge is -2.22. The van der Waals surface area contributed by atoms with Gasteiger partial charge in [-0.15, -0.1) is 0 Å². The van der Waals surface area contributed by atoms with E-state index in [0.717, 1.165) is 35.8 Å². The summed E-state index contributed by atoms with van der Waals surface area (Å²) in [5.41, 5.74) is 8.10. The second-order valence-electron chi connectivity index (χ2n) is 4.18. The van der Waals surface area contributed by atoms with Crippen LogP contribution in [0.3, 0.4) is 0 Å². The molecule has 0 unspecified atom stereocenters. The fraction of sp³-hybridized carbons (Fsp3) is 0.538. The molecule has 0 aliphatic heterocycles. The number of rotatable bonds is 7. The molecule has 17 heavy (non-hydrogen) atoms. The van der Waals surface area contributed by atoms with Gasteiger partial charge in [-0.25, -0.2) is 0 Å². The third kappa shape index (κ3) is 4.66. The lowest BCUT2D eigenvalue weighted by atomic mass is 10.1. The molecule has 4 heteroatoms. The number of aliphatic hydroxyl groups is 1. The van der Waals surface area contributed by atoms with Crippen molar-refractivity contribution >= 4 is 21.6 Å². The van der Waals surface area contributed by atoms with E-state index in [-0.39, 0.29) is 6.61 Å². The third-order valence-corrected chi connectivity index (χ3v) is 3.32. The molecule has 0 aromatic heterocycles. The second kappa shape index (κ2) is 7.69. The van der Waals surface area contributed by atoms with E-state index in [0.29, 0.717) is 6.54 Å². The highest BCUT2D eigenvalue weighted by Crippen LogP contribution is 2.23. The quantitative estimate of drug-likeness (QED) is 0.761. The van der Waals surface area contributed by atoms with Gasteiger partial charge in [-0.2, -0.15) is 0 Å². The molecule has 0 aliphatic rings. The zero-order valence-corrected chi connectivity index (χ0v) is 11.9. The SMILES string of the molecule is CN(CCCCCO)c1ccc(Br)cc1CN. The van der Waals surface area contributed by atoms with E-state index < -0.39 is 0 Å². The Kier molecular flexibility index (Phi) is 6.55. The van der Waals surface area contributed by atoms with Crippen LogP contribution in [0.5, 0.6) is 0 Å². The van der Waals surface area contributed by atoms with Crippen molar-refractivity contribution in [2.24, 2.45) is 5.73 Å². The first kappa shape index (κ1) is 14.5. The van der Waals surface area contributed by atoms with Gasteiger partial charge in [-0.05, 0) is 43.0 Å². The van der Waals surface area contributed by atoms with Crippen LogP contribution in [0.25, 0.3) is 0 Å². The highest BCUT2D eigenvalue weighted by Gasteiger charge is 2.06. The highest BCUT2D eigenvalue weighted by atomic mass is 79.9. The topological polar surface area (TPSA) is 49.5 Å². The fourth-order valence-electron chi connectivity index (χ4n) is 1.85. The van der Waals surface area contributed by atoms with Crippen molar-refractivity contribution in [2.45, 2.75) is 25.8 Å². The maximum absolute atomic E-state index is 8.73. The van der Waals surface area contributed by atoms with Crippen molar-refractivity contribution < 1.29 is 5.11 Å². The van der Waals surface area contributed by atoms with Crippen molar-refractivity contribution in [3.8, 4) is 0 Å². The van der Waals surface area contributed by atoms with Gasteiger partial charge in [0.1, 0.15) is 0 Å². The molecule has 0 atom stereocenters. The summed E-state index contributed by atoms with van der Waals surface area (Å²) in [5, 5.41) is 8.73. The third-order valence-electron chi connectivity index (χ3n) is 2.82. The Morgan fingerprint density at radius 3 is 2.71 bits per heavy atom. The van der Waals surface area contributed by atoms with Crippen LogP contribution < -0.4 is 10.6 Å². The number of hydrogen-bond acceptors (Lipinski definition) is 3. The predicted octanol–water partition coefficient (Wildman–Crippen LogP) is 2.51. The van der Waals surface area contributed by atoms with E-state index in [1.54, 1.807) is 0 Å². The number of benzene rings is 1. The van der Waals surface area contributed by atoms with Crippen LogP contribution in [-0.4, -0.2) is 25.3 Å². The minimum atomic E-state index is 0.288. The Balaban J connectivity index is 2.58. The number of hydrogen-bond donors (Lipinski definition) is 2. The summed E-state index contributed by atoms with van der Waals surface area (Å²) in [6.07, 6.45) is 3.05. The molecule has 0 aliphatic carbocycles. The minimum Gasteiger partial charge on any atom is -0.396 e. The largest absolute Gasteiger partial charge is 0.396 e. The molecule has 3 N–H and O–H groups in total. The lowest BCUT2D eigenvalue weighted by Crippen LogP contribution is -2.20. The number of halogens is 1. The predicted molar refractivity (Wildman–Crippen MR) is 76.2 cm³/mol. The standard InChI is InChI=1S/C13H21BrN2O/c1-16(7-3-2-4-8-17)13-6-5-12(14)9-11(13)10-15/h5-6,9,17H,2-4,7-8,10,15H2,1H3. The molecular weight excluding hydrogens is 280 g/mol. The maximum Gasteiger partial charge on any atom is 0.0431 e. The summed E-state index contributed by atoms with van der Waals surface area (Å²) in [7, 11) is 2.08. The zero-order chi connectivity index (χ0) is 12.7. The van der Waals surface area contributed by atoms with Gasteiger partial charge in [0.05, 0.1) is 0 Å². The van der Waals surface area contributed by atoms with Crippen molar-refractivity contribution in [1.29, 1.82) is 0 Å². The summed E-state index contributed by atoms with van der Waals surface area (Å²) >= 11 is 3.46. The lowest BCUT2D eigenvalue weighted by molar-refractivity contribution is 0.283. The average molecular weight is 301 g/mol. The van der Waals surface area contributed by atoms with E-state index in [1.165, 1.54) is 5.69 Å². The maximum atomic E-state index is 8.73. The molecule has 0 radical (unpaired) electrons. The first-order valence-electron chi connectivity index (χ1n) is 5.99. The molecule has 96 valence electrons. The van der Waals surface area contributed by atoms with Crippen LogP contribution >= 0.6 is 15.9 Å². The molecule has 0 spiro atoms. The summed E-state index contributed by atoms with van der Waals surface area (Å²) in [5.74, 6) is 0. The van der Waals surface area contributed by atoms with E-state index in [4.69, 9.17) is 10.8 Å². The van der Waals surface area contributed by atoms with Crippen molar-refractivity contribution in [2.75, 3.05) is 25.1 Å². The van der Waals surface area contributed by atoms with Crippen LogP contribution in [0.2, 0.25) is 0 Å². The van der Waals surface area contributed by atoms with Crippen LogP contribution in [-0.2, 0) is 6.54 Å². The summed E-state index contributed by atoms with van der Waals surface area (Å²) in [6.45, 7) is 1.83. The van der Waals surface area contributed by atoms with Gasteiger partial charge in [-0.3, -0.25) is 0 Å². The normalized spacial score (nSPS) is 10.6. The van der Waals surface area contributed by atoms with Crippen LogP contribution in [0, 0.1) is 0 Å². The summed E-state index contributed by atoms with van der Waals surface area (Å²) < 4.78 is 1.07. The number of nitrogens with zero attached hydrogens (tertiary/aromatic N) is 1. The van der Waals surface area contributed by atoms with Gasteiger partial charge < -0.3 is 15.7 Å². The molecule has 1 rings (SSSR count). The Morgan fingerprint density at radius 2 is 2.06 bits per heavy atom. The molecule has 0 saturated carbocycles. The smallest absolute Gasteiger partial charge is 0.0431 e. The zero-order valence-electron chi connectivity index (χ0n) is 10.3. The summed E-state index contributed by atoms with van der Waals surface area (Å²) in [6, 6.07) is 6.20. The van der Waals surface area contributed by atoms with Crippen LogP contribution in [0.1, 0.15) is 24.8 Å². The van der Waals surface area contributed by atoms with Crippen LogP contribution in [0.15, 0.2) is 22.7 Å². The van der Waals surface area contributed by atoms with E-state index in [2.05, 4.69) is 40.0 Å². The van der Waals surface area contributed by atoms with E-state index in [9.17, 15) is 0 Å². The molecular formula is C13H21BrN2O. The molecule has 0 saturated heterocycles. The molecule has 3 nitrogen and oxygen atoms in total. The number of anilines is 1. The molecule has 0 fully saturated rings. The van der Waals surface area contributed by atoms with E-state index >= 15 is 0 Å². The van der Waals surface area contributed by atoms with Crippen molar-refractivity contribution in [3.05, 3.63) is 28.2 Å². The Hall–Kier alpha value is -0.580. The first-order chi connectivity index (χ1) is 8.19. The highest BCUT2D eigenvalue weighted by molar-refractivity contribution is 9.10. The van der Waals surface area contributed by atoms with Crippen molar-refractivity contribution in [3.63, 3.8) is 0 Å². The van der Waals surface area contributed by atoms with Gasteiger partial charge in [0.2, 0.25) is 0 Å². The monoisotopic (exact) mass is 300 g/mol. The van der Waals surface area contributed by atoms with Gasteiger partial charge in [-0.1, -0.05) is 15.9 Å². The minimum absolute atomic E-state index is 0.288. The Morgan fingerprint density at radius 1 is 1.29 bits per heavy atom. The molecule has 0 bridgehead atoms. The van der Waals surface area contributed by atoms with Crippen molar-refractivity contribution in [1.82, 2.24) is 0 Å². The second-order valence-corrected chi connectivity index (χ2v) is 5.10.